The number of aliphatic hydroxyl groups excluding tert-OH is 3. The lowest BCUT2D eigenvalue weighted by molar-refractivity contribution is -0.151. The molecule has 0 aromatic carbocycles. The van der Waals surface area contributed by atoms with Gasteiger partial charge in [0.25, 0.3) is 0 Å². The van der Waals surface area contributed by atoms with Crippen molar-refractivity contribution in [1.82, 2.24) is 0 Å². The average Bonchev–Trinajstić information content (AvgIpc) is 2.87. The summed E-state index contributed by atoms with van der Waals surface area (Å²) in [5.74, 6) is -0.228. The fourth-order valence-electron chi connectivity index (χ4n) is 4.40. The molecular formula is C34H52O7. The molecule has 7 nitrogen and oxygen atoms in total. The molecule has 0 aromatic rings. The molecule has 0 aliphatic carbocycles. The van der Waals surface area contributed by atoms with Crippen LogP contribution < -0.4 is 0 Å². The summed E-state index contributed by atoms with van der Waals surface area (Å²) in [4.78, 5) is 24.9. The summed E-state index contributed by atoms with van der Waals surface area (Å²) >= 11 is 0. The smallest absolute Gasteiger partial charge is 0.331 e. The number of allylic oxidation sites excluding steroid dienone is 9. The van der Waals surface area contributed by atoms with E-state index >= 15 is 0 Å². The summed E-state index contributed by atoms with van der Waals surface area (Å²) in [5.41, 5.74) is 2.62. The van der Waals surface area contributed by atoms with Gasteiger partial charge in [0.1, 0.15) is 12.2 Å². The van der Waals surface area contributed by atoms with E-state index in [0.29, 0.717) is 25.7 Å². The third kappa shape index (κ3) is 16.3. The first-order valence-electron chi connectivity index (χ1n) is 14.8. The lowest BCUT2D eigenvalue weighted by Gasteiger charge is -2.24. The Morgan fingerprint density at radius 1 is 1.02 bits per heavy atom. The van der Waals surface area contributed by atoms with Crippen LogP contribution in [0.3, 0.4) is 0 Å². The van der Waals surface area contributed by atoms with Gasteiger partial charge in [0.05, 0.1) is 18.3 Å². The van der Waals surface area contributed by atoms with Crippen LogP contribution in [0, 0.1) is 11.8 Å². The van der Waals surface area contributed by atoms with Crippen molar-refractivity contribution in [3.63, 3.8) is 0 Å². The lowest BCUT2D eigenvalue weighted by atomic mass is 9.94. The molecule has 1 heterocycles. The summed E-state index contributed by atoms with van der Waals surface area (Å²) < 4.78 is 11.4. The van der Waals surface area contributed by atoms with Gasteiger partial charge in [-0.1, -0.05) is 86.1 Å². The molecule has 0 spiro atoms. The molecule has 1 aliphatic heterocycles. The van der Waals surface area contributed by atoms with Crippen molar-refractivity contribution in [3.05, 3.63) is 71.4 Å². The maximum atomic E-state index is 12.6. The molecule has 1 unspecified atom stereocenters. The monoisotopic (exact) mass is 572 g/mol. The zero-order valence-corrected chi connectivity index (χ0v) is 26.0. The number of carbonyl (C=O) groups is 2. The molecule has 0 amide bonds. The average molecular weight is 573 g/mol. The van der Waals surface area contributed by atoms with Crippen molar-refractivity contribution in [2.24, 2.45) is 11.8 Å². The van der Waals surface area contributed by atoms with Crippen LogP contribution in [0.5, 0.6) is 0 Å². The maximum Gasteiger partial charge on any atom is 0.331 e. The van der Waals surface area contributed by atoms with Gasteiger partial charge in [0.2, 0.25) is 0 Å². The lowest BCUT2D eigenvalue weighted by Crippen LogP contribution is -2.27. The minimum Gasteiger partial charge on any atom is -0.462 e. The first kappa shape index (κ1) is 36.3. The third-order valence-electron chi connectivity index (χ3n) is 6.91. The van der Waals surface area contributed by atoms with E-state index in [9.17, 15) is 24.9 Å². The van der Waals surface area contributed by atoms with E-state index in [1.54, 1.807) is 19.1 Å². The quantitative estimate of drug-likeness (QED) is 0.119. The number of hydrogen-bond acceptors (Lipinski definition) is 7. The van der Waals surface area contributed by atoms with Crippen LogP contribution >= 0.6 is 0 Å². The van der Waals surface area contributed by atoms with Gasteiger partial charge in [0.15, 0.2) is 0 Å². The third-order valence-corrected chi connectivity index (χ3v) is 6.91. The van der Waals surface area contributed by atoms with Gasteiger partial charge in [-0.05, 0) is 58.8 Å². The first-order valence-corrected chi connectivity index (χ1v) is 14.8. The molecule has 0 radical (unpaired) electrons. The Bertz CT molecular complexity index is 997. The Kier molecular flexibility index (Phi) is 17.2. The normalized spacial score (nSPS) is 25.4. The highest BCUT2D eigenvalue weighted by atomic mass is 16.5. The zero-order valence-electron chi connectivity index (χ0n) is 26.0. The van der Waals surface area contributed by atoms with Gasteiger partial charge in [-0.2, -0.15) is 0 Å². The predicted octanol–water partition coefficient (Wildman–Crippen LogP) is 6.07. The number of esters is 2. The number of aliphatic hydroxyl groups is 3. The Hall–Kier alpha value is -2.74. The first-order chi connectivity index (χ1) is 19.3. The van der Waals surface area contributed by atoms with Gasteiger partial charge in [-0.3, -0.25) is 4.79 Å². The largest absolute Gasteiger partial charge is 0.462 e. The zero-order chi connectivity index (χ0) is 30.9. The highest BCUT2D eigenvalue weighted by Crippen LogP contribution is 2.22. The van der Waals surface area contributed by atoms with Crippen molar-refractivity contribution < 1.29 is 34.4 Å². The number of rotatable bonds is 11. The molecule has 1 aliphatic rings. The van der Waals surface area contributed by atoms with Gasteiger partial charge in [0, 0.05) is 25.3 Å². The van der Waals surface area contributed by atoms with E-state index in [1.807, 2.05) is 45.1 Å². The summed E-state index contributed by atoms with van der Waals surface area (Å²) in [6, 6.07) is 0. The van der Waals surface area contributed by atoms with Crippen molar-refractivity contribution in [2.45, 2.75) is 118 Å². The molecule has 7 heteroatoms. The van der Waals surface area contributed by atoms with Gasteiger partial charge in [-0.25, -0.2) is 4.79 Å². The van der Waals surface area contributed by atoms with Crippen molar-refractivity contribution in [1.29, 1.82) is 0 Å². The van der Waals surface area contributed by atoms with Crippen molar-refractivity contribution >= 4 is 11.9 Å². The van der Waals surface area contributed by atoms with E-state index in [4.69, 9.17) is 9.47 Å². The molecule has 41 heavy (non-hydrogen) atoms. The molecule has 0 aromatic heterocycles. The highest BCUT2D eigenvalue weighted by Gasteiger charge is 2.23. The van der Waals surface area contributed by atoms with Crippen LogP contribution in [0.1, 0.15) is 87.0 Å². The second kappa shape index (κ2) is 19.4. The van der Waals surface area contributed by atoms with Crippen molar-refractivity contribution in [3.8, 4) is 0 Å². The van der Waals surface area contributed by atoms with Crippen LogP contribution in [0.4, 0.5) is 0 Å². The molecule has 230 valence electrons. The number of ether oxygens (including phenoxy) is 2. The Morgan fingerprint density at radius 3 is 2.37 bits per heavy atom. The topological polar surface area (TPSA) is 113 Å². The van der Waals surface area contributed by atoms with Crippen LogP contribution in [0.25, 0.3) is 0 Å². The van der Waals surface area contributed by atoms with Crippen LogP contribution in [0.15, 0.2) is 71.4 Å². The van der Waals surface area contributed by atoms with E-state index in [-0.39, 0.29) is 36.4 Å². The molecular weight excluding hydrogens is 520 g/mol. The van der Waals surface area contributed by atoms with E-state index < -0.39 is 24.3 Å². The second-order valence-electron chi connectivity index (χ2n) is 11.6. The molecule has 3 N–H and O–H groups in total. The van der Waals surface area contributed by atoms with Crippen molar-refractivity contribution in [2.75, 3.05) is 0 Å². The second-order valence-corrected chi connectivity index (χ2v) is 11.6. The van der Waals surface area contributed by atoms with Crippen LogP contribution in [-0.4, -0.2) is 57.8 Å². The SMILES string of the molecule is CC(=C\C=C\C(C)=C\[C@@H](O)[C@@H](O)C[C@H](C)O)/C=C(C)/C=C/C(=O)O[C@H]1CCCC(=O)OC(C(C)C)C/C=C/C[C@@H]1C. The van der Waals surface area contributed by atoms with Gasteiger partial charge >= 0.3 is 11.9 Å². The minimum atomic E-state index is -1.05. The summed E-state index contributed by atoms with van der Waals surface area (Å²) in [6.45, 7) is 13.4. The number of hydrogen-bond donors (Lipinski definition) is 3. The Balaban J connectivity index is 2.73. The highest BCUT2D eigenvalue weighted by molar-refractivity contribution is 5.82. The Morgan fingerprint density at radius 2 is 1.71 bits per heavy atom. The molecule has 0 saturated carbocycles. The summed E-state index contributed by atoms with van der Waals surface area (Å²) in [6.07, 6.45) is 16.3. The van der Waals surface area contributed by atoms with Gasteiger partial charge in [-0.15, -0.1) is 0 Å². The molecule has 0 saturated heterocycles. The van der Waals surface area contributed by atoms with Gasteiger partial charge < -0.3 is 24.8 Å². The minimum absolute atomic E-state index is 0.102. The fraction of sp³-hybridized carbons (Fsp3) is 0.588. The standard InChI is InChI=1S/C34H52O7/c1-23(2)31-15-9-8-14-27(6)32(16-11-17-33(38)40-31)41-34(39)19-18-26(5)20-24(3)12-10-13-25(4)21-29(36)30(37)22-28(7)35/h8-10,12-13,18-21,23,27-32,35-37H,11,14-17,22H2,1-7H3/b9-8+,13-10+,19-18+,24-12+,25-21+,26-20+/t27-,28-,29+,30-,31?,32-/m0/s1. The number of carbonyl (C=O) groups excluding carboxylic acids is 2. The summed E-state index contributed by atoms with van der Waals surface area (Å²) in [5, 5.41) is 29.3. The predicted molar refractivity (Wildman–Crippen MR) is 164 cm³/mol. The van der Waals surface area contributed by atoms with E-state index in [1.165, 1.54) is 6.08 Å². The van der Waals surface area contributed by atoms with Crippen LogP contribution in [-0.2, 0) is 19.1 Å². The molecule has 6 atom stereocenters. The Labute approximate surface area is 247 Å². The summed E-state index contributed by atoms with van der Waals surface area (Å²) in [7, 11) is 0. The molecule has 1 rings (SSSR count). The fourth-order valence-corrected chi connectivity index (χ4v) is 4.40. The van der Waals surface area contributed by atoms with E-state index in [2.05, 4.69) is 32.9 Å². The maximum absolute atomic E-state index is 12.6. The van der Waals surface area contributed by atoms with E-state index in [0.717, 1.165) is 23.1 Å². The van der Waals surface area contributed by atoms with Crippen LogP contribution in [0.2, 0.25) is 0 Å². The molecule has 0 fully saturated rings. The number of cyclic esters (lactones) is 1. The molecule has 0 bridgehead atoms.